The molecule has 1 N–H and O–H groups in total. The van der Waals surface area contributed by atoms with Crippen molar-refractivity contribution in [3.63, 3.8) is 0 Å². The van der Waals surface area contributed by atoms with Crippen molar-refractivity contribution < 1.29 is 14.3 Å². The molecule has 0 aliphatic carbocycles. The standard InChI is InChI=1S/C17H20N4O3/c1-11-9-12(6-7-14(11)21-8-4-5-15(21)22)18-16(23)13-10-20(2)19-17(13)24-3/h6-7,9-10H,4-5,8H2,1-3H3,(H,18,23). The molecule has 0 atom stereocenters. The highest BCUT2D eigenvalue weighted by molar-refractivity contribution is 6.06. The molecule has 1 aliphatic rings. The predicted molar refractivity (Wildman–Crippen MR) is 90.5 cm³/mol. The molecule has 1 aromatic heterocycles. The van der Waals surface area contributed by atoms with Gasteiger partial charge in [-0.05, 0) is 37.1 Å². The van der Waals surface area contributed by atoms with E-state index < -0.39 is 0 Å². The molecule has 0 radical (unpaired) electrons. The first-order valence-corrected chi connectivity index (χ1v) is 7.79. The summed E-state index contributed by atoms with van der Waals surface area (Å²) in [6.45, 7) is 2.68. The van der Waals surface area contributed by atoms with Gasteiger partial charge in [-0.15, -0.1) is 5.10 Å². The zero-order valence-electron chi connectivity index (χ0n) is 14.0. The van der Waals surface area contributed by atoms with E-state index in [1.807, 2.05) is 19.1 Å². The molecule has 126 valence electrons. The van der Waals surface area contributed by atoms with E-state index in [-0.39, 0.29) is 17.7 Å². The van der Waals surface area contributed by atoms with Gasteiger partial charge >= 0.3 is 0 Å². The molecule has 0 bridgehead atoms. The van der Waals surface area contributed by atoms with Crippen LogP contribution in [0.5, 0.6) is 5.88 Å². The lowest BCUT2D eigenvalue weighted by Gasteiger charge is -2.19. The summed E-state index contributed by atoms with van der Waals surface area (Å²) in [5.74, 6) is 0.144. The van der Waals surface area contributed by atoms with Gasteiger partial charge < -0.3 is 15.0 Å². The number of carbonyl (C=O) groups is 2. The average Bonchev–Trinajstić information content (AvgIpc) is 3.13. The third kappa shape index (κ3) is 2.97. The van der Waals surface area contributed by atoms with Crippen molar-refractivity contribution in [2.75, 3.05) is 23.9 Å². The lowest BCUT2D eigenvalue weighted by Crippen LogP contribution is -2.24. The molecule has 2 amide bonds. The van der Waals surface area contributed by atoms with Crippen molar-refractivity contribution in [3.05, 3.63) is 35.5 Å². The van der Waals surface area contributed by atoms with E-state index in [2.05, 4.69) is 10.4 Å². The Labute approximate surface area is 140 Å². The maximum atomic E-state index is 12.4. The van der Waals surface area contributed by atoms with Crippen LogP contribution in [0.4, 0.5) is 11.4 Å². The van der Waals surface area contributed by atoms with E-state index in [1.165, 1.54) is 11.8 Å². The highest BCUT2D eigenvalue weighted by atomic mass is 16.5. The molecule has 2 heterocycles. The van der Waals surface area contributed by atoms with E-state index in [0.29, 0.717) is 17.7 Å². The summed E-state index contributed by atoms with van der Waals surface area (Å²) in [6.07, 6.45) is 3.09. The van der Waals surface area contributed by atoms with Gasteiger partial charge in [0.15, 0.2) is 0 Å². The zero-order chi connectivity index (χ0) is 17.3. The highest BCUT2D eigenvalue weighted by Gasteiger charge is 2.23. The number of rotatable bonds is 4. The van der Waals surface area contributed by atoms with Crippen LogP contribution < -0.4 is 15.0 Å². The molecule has 1 aliphatic heterocycles. The number of hydrogen-bond acceptors (Lipinski definition) is 4. The quantitative estimate of drug-likeness (QED) is 0.932. The largest absolute Gasteiger partial charge is 0.479 e. The number of benzene rings is 1. The van der Waals surface area contributed by atoms with E-state index in [9.17, 15) is 9.59 Å². The molecule has 1 saturated heterocycles. The molecule has 1 aromatic carbocycles. The number of nitrogens with one attached hydrogen (secondary N) is 1. The molecule has 1 fully saturated rings. The lowest BCUT2D eigenvalue weighted by atomic mass is 10.1. The number of nitrogens with zero attached hydrogens (tertiary/aromatic N) is 3. The number of aromatic nitrogens is 2. The van der Waals surface area contributed by atoms with Crippen LogP contribution in [0.2, 0.25) is 0 Å². The second-order valence-electron chi connectivity index (χ2n) is 5.83. The van der Waals surface area contributed by atoms with Crippen LogP contribution in [0, 0.1) is 6.92 Å². The van der Waals surface area contributed by atoms with Crippen LogP contribution >= 0.6 is 0 Å². The maximum Gasteiger partial charge on any atom is 0.262 e. The second-order valence-corrected chi connectivity index (χ2v) is 5.83. The Hall–Kier alpha value is -2.83. The topological polar surface area (TPSA) is 76.5 Å². The van der Waals surface area contributed by atoms with Crippen molar-refractivity contribution in [2.24, 2.45) is 7.05 Å². The van der Waals surface area contributed by atoms with Crippen molar-refractivity contribution >= 4 is 23.2 Å². The molecule has 2 aromatic rings. The van der Waals surface area contributed by atoms with E-state index >= 15 is 0 Å². The summed E-state index contributed by atoms with van der Waals surface area (Å²) < 4.78 is 6.64. The monoisotopic (exact) mass is 328 g/mol. The normalized spacial score (nSPS) is 14.1. The SMILES string of the molecule is COc1nn(C)cc1C(=O)Nc1ccc(N2CCCC2=O)c(C)c1. The van der Waals surface area contributed by atoms with Crippen LogP contribution in [0.1, 0.15) is 28.8 Å². The summed E-state index contributed by atoms with van der Waals surface area (Å²) >= 11 is 0. The highest BCUT2D eigenvalue weighted by Crippen LogP contribution is 2.28. The van der Waals surface area contributed by atoms with Crippen LogP contribution in [0.15, 0.2) is 24.4 Å². The molecule has 24 heavy (non-hydrogen) atoms. The number of aryl methyl sites for hydroxylation is 2. The van der Waals surface area contributed by atoms with Crippen LogP contribution in [-0.4, -0.2) is 35.2 Å². The molecule has 0 spiro atoms. The van der Waals surface area contributed by atoms with Crippen molar-refractivity contribution in [1.82, 2.24) is 9.78 Å². The number of carbonyl (C=O) groups excluding carboxylic acids is 2. The Morgan fingerprint density at radius 2 is 2.17 bits per heavy atom. The Balaban J connectivity index is 1.79. The molecule has 0 unspecified atom stereocenters. The fourth-order valence-corrected chi connectivity index (χ4v) is 2.91. The number of anilines is 2. The Bertz CT molecular complexity index is 797. The fourth-order valence-electron chi connectivity index (χ4n) is 2.91. The number of ether oxygens (including phenoxy) is 1. The van der Waals surface area contributed by atoms with Gasteiger partial charge in [0.05, 0.1) is 7.11 Å². The Morgan fingerprint density at radius 3 is 2.79 bits per heavy atom. The van der Waals surface area contributed by atoms with Crippen molar-refractivity contribution in [1.29, 1.82) is 0 Å². The van der Waals surface area contributed by atoms with Crippen LogP contribution in [0.25, 0.3) is 0 Å². The first-order valence-electron chi connectivity index (χ1n) is 7.79. The predicted octanol–water partition coefficient (Wildman–Crippen LogP) is 2.12. The van der Waals surface area contributed by atoms with Crippen molar-refractivity contribution in [3.8, 4) is 5.88 Å². The minimum absolute atomic E-state index is 0.148. The van der Waals surface area contributed by atoms with Gasteiger partial charge in [0.2, 0.25) is 11.8 Å². The number of methoxy groups -OCH3 is 1. The van der Waals surface area contributed by atoms with E-state index in [4.69, 9.17) is 4.74 Å². The molecule has 3 rings (SSSR count). The van der Waals surface area contributed by atoms with Crippen LogP contribution in [-0.2, 0) is 11.8 Å². The van der Waals surface area contributed by atoms with Gasteiger partial charge in [0.25, 0.3) is 5.91 Å². The second kappa shape index (κ2) is 6.35. The summed E-state index contributed by atoms with van der Waals surface area (Å²) in [5, 5.41) is 6.91. The van der Waals surface area contributed by atoms with Gasteiger partial charge in [0.1, 0.15) is 5.56 Å². The molecule has 7 heteroatoms. The van der Waals surface area contributed by atoms with Gasteiger partial charge in [-0.1, -0.05) is 0 Å². The van der Waals surface area contributed by atoms with E-state index in [1.54, 1.807) is 24.2 Å². The average molecular weight is 328 g/mol. The summed E-state index contributed by atoms with van der Waals surface area (Å²) in [6, 6.07) is 5.53. The minimum Gasteiger partial charge on any atom is -0.479 e. The Kier molecular flexibility index (Phi) is 4.24. The van der Waals surface area contributed by atoms with Gasteiger partial charge in [-0.25, -0.2) is 0 Å². The smallest absolute Gasteiger partial charge is 0.262 e. The number of amides is 2. The van der Waals surface area contributed by atoms with Gasteiger partial charge in [0, 0.05) is 37.6 Å². The fraction of sp³-hybridized carbons (Fsp3) is 0.353. The first-order chi connectivity index (χ1) is 11.5. The molecule has 0 saturated carbocycles. The van der Waals surface area contributed by atoms with E-state index in [0.717, 1.165) is 24.2 Å². The molecular formula is C17H20N4O3. The summed E-state index contributed by atoms with van der Waals surface area (Å²) in [5.41, 5.74) is 2.88. The summed E-state index contributed by atoms with van der Waals surface area (Å²) in [7, 11) is 3.20. The number of hydrogen-bond donors (Lipinski definition) is 1. The minimum atomic E-state index is -0.288. The third-order valence-electron chi connectivity index (χ3n) is 4.05. The van der Waals surface area contributed by atoms with Gasteiger partial charge in [-0.2, -0.15) is 0 Å². The summed E-state index contributed by atoms with van der Waals surface area (Å²) in [4.78, 5) is 26.1. The zero-order valence-corrected chi connectivity index (χ0v) is 14.0. The maximum absolute atomic E-state index is 12.4. The molecular weight excluding hydrogens is 308 g/mol. The lowest BCUT2D eigenvalue weighted by molar-refractivity contribution is -0.117. The van der Waals surface area contributed by atoms with Crippen molar-refractivity contribution in [2.45, 2.75) is 19.8 Å². The third-order valence-corrected chi connectivity index (χ3v) is 4.05. The Morgan fingerprint density at radius 1 is 1.38 bits per heavy atom. The first kappa shape index (κ1) is 16.0. The van der Waals surface area contributed by atoms with Gasteiger partial charge in [-0.3, -0.25) is 14.3 Å². The molecule has 7 nitrogen and oxygen atoms in total. The van der Waals surface area contributed by atoms with Crippen LogP contribution in [0.3, 0.4) is 0 Å².